The maximum atomic E-state index is 12.3. The summed E-state index contributed by atoms with van der Waals surface area (Å²) < 4.78 is 7.84. The number of amides is 1. The highest BCUT2D eigenvalue weighted by atomic mass is 35.5. The van der Waals surface area contributed by atoms with Crippen molar-refractivity contribution in [1.82, 2.24) is 19.7 Å². The smallest absolute Gasteiger partial charge is 0.234 e. The molecule has 2 heterocycles. The summed E-state index contributed by atoms with van der Waals surface area (Å²) in [5, 5.41) is 12.0. The topological polar surface area (TPSA) is 81.9 Å². The number of anilines is 1. The van der Waals surface area contributed by atoms with Gasteiger partial charge in [0.1, 0.15) is 12.4 Å². The molecule has 0 aliphatic carbocycles. The van der Waals surface area contributed by atoms with Gasteiger partial charge in [-0.3, -0.25) is 9.36 Å². The fraction of sp³-hybridized carbons (Fsp3) is 0.238. The number of aromatic nitrogens is 4. The molecule has 0 atom stereocenters. The molecule has 3 rings (SSSR count). The van der Waals surface area contributed by atoms with E-state index in [9.17, 15) is 4.79 Å². The standard InChI is InChI=1S/C21H22ClN5O2S/c1-4-11-27-18(12-29-17-9-5-7-14(2)15(17)3)25-26-21(27)30-13-19(28)24-16-8-6-10-23-20(16)22/h4-10H,1,11-13H2,2-3H3,(H,24,28). The Morgan fingerprint density at radius 1 is 1.30 bits per heavy atom. The Kier molecular flexibility index (Phi) is 7.48. The van der Waals surface area contributed by atoms with E-state index >= 15 is 0 Å². The molecule has 0 unspecified atom stereocenters. The average molecular weight is 444 g/mol. The Labute approximate surface area is 184 Å². The number of ether oxygens (including phenoxy) is 1. The summed E-state index contributed by atoms with van der Waals surface area (Å²) in [6.07, 6.45) is 3.32. The number of thioether (sulfide) groups is 1. The van der Waals surface area contributed by atoms with Crippen LogP contribution in [0.15, 0.2) is 54.3 Å². The van der Waals surface area contributed by atoms with Crippen LogP contribution in [0, 0.1) is 13.8 Å². The molecule has 0 aliphatic rings. The number of pyridine rings is 1. The summed E-state index contributed by atoms with van der Waals surface area (Å²) in [4.78, 5) is 16.2. The number of hydrogen-bond donors (Lipinski definition) is 1. The monoisotopic (exact) mass is 443 g/mol. The van der Waals surface area contributed by atoms with Crippen molar-refractivity contribution >= 4 is 35.0 Å². The van der Waals surface area contributed by atoms with Crippen molar-refractivity contribution in [2.45, 2.75) is 32.2 Å². The SMILES string of the molecule is C=CCn1c(COc2cccc(C)c2C)nnc1SCC(=O)Nc1cccnc1Cl. The summed E-state index contributed by atoms with van der Waals surface area (Å²) in [7, 11) is 0. The van der Waals surface area contributed by atoms with Crippen LogP contribution in [-0.2, 0) is 17.9 Å². The number of carbonyl (C=O) groups excluding carboxylic acids is 1. The molecular formula is C21H22ClN5O2S. The first kappa shape index (κ1) is 21.9. The van der Waals surface area contributed by atoms with Gasteiger partial charge in [0.25, 0.3) is 0 Å². The number of carbonyl (C=O) groups is 1. The van der Waals surface area contributed by atoms with E-state index in [1.807, 2.05) is 36.6 Å². The summed E-state index contributed by atoms with van der Waals surface area (Å²) >= 11 is 7.26. The third-order valence-electron chi connectivity index (χ3n) is 4.38. The average Bonchev–Trinajstić information content (AvgIpc) is 3.11. The van der Waals surface area contributed by atoms with Gasteiger partial charge in [0.2, 0.25) is 5.91 Å². The van der Waals surface area contributed by atoms with Gasteiger partial charge in [-0.05, 0) is 43.2 Å². The number of benzene rings is 1. The maximum Gasteiger partial charge on any atom is 0.234 e. The zero-order chi connectivity index (χ0) is 21.5. The van der Waals surface area contributed by atoms with E-state index in [0.29, 0.717) is 23.2 Å². The number of hydrogen-bond acceptors (Lipinski definition) is 6. The molecule has 1 aromatic carbocycles. The number of nitrogens with one attached hydrogen (secondary N) is 1. The second kappa shape index (κ2) is 10.3. The third-order valence-corrected chi connectivity index (χ3v) is 5.65. The Morgan fingerprint density at radius 2 is 2.13 bits per heavy atom. The molecule has 2 aromatic heterocycles. The van der Waals surface area contributed by atoms with Gasteiger partial charge in [-0.2, -0.15) is 0 Å². The number of aryl methyl sites for hydroxylation is 1. The van der Waals surface area contributed by atoms with Crippen LogP contribution in [0.4, 0.5) is 5.69 Å². The van der Waals surface area contributed by atoms with E-state index in [0.717, 1.165) is 16.9 Å². The number of halogens is 1. The molecule has 1 amide bonds. The van der Waals surface area contributed by atoms with Gasteiger partial charge in [-0.25, -0.2) is 4.98 Å². The summed E-state index contributed by atoms with van der Waals surface area (Å²) in [6.45, 7) is 8.64. The lowest BCUT2D eigenvalue weighted by molar-refractivity contribution is -0.113. The molecule has 30 heavy (non-hydrogen) atoms. The maximum absolute atomic E-state index is 12.3. The minimum atomic E-state index is -0.212. The molecule has 1 N–H and O–H groups in total. The van der Waals surface area contributed by atoms with Gasteiger partial charge in [-0.15, -0.1) is 16.8 Å². The van der Waals surface area contributed by atoms with E-state index in [1.165, 1.54) is 11.8 Å². The van der Waals surface area contributed by atoms with Crippen molar-refractivity contribution in [3.63, 3.8) is 0 Å². The Balaban J connectivity index is 1.65. The van der Waals surface area contributed by atoms with Gasteiger partial charge in [-0.1, -0.05) is 41.6 Å². The second-order valence-corrected chi connectivity index (χ2v) is 7.76. The van der Waals surface area contributed by atoms with Crippen molar-refractivity contribution in [2.24, 2.45) is 0 Å². The molecule has 7 nitrogen and oxygen atoms in total. The minimum Gasteiger partial charge on any atom is -0.485 e. The fourth-order valence-corrected chi connectivity index (χ4v) is 3.60. The van der Waals surface area contributed by atoms with Gasteiger partial charge in [0.15, 0.2) is 16.1 Å². The molecule has 9 heteroatoms. The molecule has 0 spiro atoms. The van der Waals surface area contributed by atoms with Crippen LogP contribution in [0.3, 0.4) is 0 Å². The lowest BCUT2D eigenvalue weighted by atomic mass is 10.1. The molecule has 0 fully saturated rings. The van der Waals surface area contributed by atoms with Crippen LogP contribution in [0.2, 0.25) is 5.15 Å². The first-order valence-corrected chi connectivity index (χ1v) is 10.6. The molecule has 0 bridgehead atoms. The third kappa shape index (κ3) is 5.40. The highest BCUT2D eigenvalue weighted by molar-refractivity contribution is 7.99. The second-order valence-electron chi connectivity index (χ2n) is 6.46. The Bertz CT molecular complexity index is 1050. The zero-order valence-corrected chi connectivity index (χ0v) is 18.3. The molecule has 0 aliphatic heterocycles. The summed E-state index contributed by atoms with van der Waals surface area (Å²) in [5.41, 5.74) is 2.73. The highest BCUT2D eigenvalue weighted by Crippen LogP contribution is 2.23. The minimum absolute atomic E-state index is 0.151. The number of rotatable bonds is 9. The summed E-state index contributed by atoms with van der Waals surface area (Å²) in [6, 6.07) is 9.33. The van der Waals surface area contributed by atoms with Crippen LogP contribution in [-0.4, -0.2) is 31.4 Å². The predicted octanol–water partition coefficient (Wildman–Crippen LogP) is 4.44. The van der Waals surface area contributed by atoms with Crippen molar-refractivity contribution in [2.75, 3.05) is 11.1 Å². The molecule has 0 saturated carbocycles. The normalized spacial score (nSPS) is 10.6. The van der Waals surface area contributed by atoms with Crippen molar-refractivity contribution in [3.05, 3.63) is 71.3 Å². The van der Waals surface area contributed by atoms with Crippen molar-refractivity contribution in [1.29, 1.82) is 0 Å². The molecular weight excluding hydrogens is 422 g/mol. The quantitative estimate of drug-likeness (QED) is 0.299. The fourth-order valence-electron chi connectivity index (χ4n) is 2.66. The van der Waals surface area contributed by atoms with Crippen LogP contribution in [0.5, 0.6) is 5.75 Å². The van der Waals surface area contributed by atoms with Gasteiger partial charge in [0, 0.05) is 12.7 Å². The van der Waals surface area contributed by atoms with E-state index in [4.69, 9.17) is 16.3 Å². The van der Waals surface area contributed by atoms with E-state index in [1.54, 1.807) is 24.4 Å². The lowest BCUT2D eigenvalue weighted by Gasteiger charge is -2.12. The summed E-state index contributed by atoms with van der Waals surface area (Å²) in [5.74, 6) is 1.41. The zero-order valence-electron chi connectivity index (χ0n) is 16.8. The number of allylic oxidation sites excluding steroid dienone is 1. The van der Waals surface area contributed by atoms with E-state index in [2.05, 4.69) is 27.1 Å². The van der Waals surface area contributed by atoms with Gasteiger partial charge >= 0.3 is 0 Å². The van der Waals surface area contributed by atoms with Gasteiger partial charge in [0.05, 0.1) is 11.4 Å². The van der Waals surface area contributed by atoms with Crippen molar-refractivity contribution in [3.8, 4) is 5.75 Å². The van der Waals surface area contributed by atoms with Crippen LogP contribution in [0.1, 0.15) is 17.0 Å². The number of nitrogens with zero attached hydrogens (tertiary/aromatic N) is 4. The molecule has 156 valence electrons. The first-order chi connectivity index (χ1) is 14.5. The Hall–Kier alpha value is -2.84. The van der Waals surface area contributed by atoms with E-state index < -0.39 is 0 Å². The molecule has 0 saturated heterocycles. The van der Waals surface area contributed by atoms with E-state index in [-0.39, 0.29) is 23.4 Å². The Morgan fingerprint density at radius 3 is 2.90 bits per heavy atom. The lowest BCUT2D eigenvalue weighted by Crippen LogP contribution is -2.15. The van der Waals surface area contributed by atoms with Gasteiger partial charge < -0.3 is 10.1 Å². The highest BCUT2D eigenvalue weighted by Gasteiger charge is 2.15. The predicted molar refractivity (Wildman–Crippen MR) is 119 cm³/mol. The van der Waals surface area contributed by atoms with Crippen LogP contribution >= 0.6 is 23.4 Å². The van der Waals surface area contributed by atoms with Crippen molar-refractivity contribution < 1.29 is 9.53 Å². The van der Waals surface area contributed by atoms with Crippen LogP contribution < -0.4 is 10.1 Å². The van der Waals surface area contributed by atoms with Crippen LogP contribution in [0.25, 0.3) is 0 Å². The largest absolute Gasteiger partial charge is 0.485 e. The first-order valence-electron chi connectivity index (χ1n) is 9.24. The molecule has 0 radical (unpaired) electrons. The molecule has 3 aromatic rings.